The fourth-order valence-electron chi connectivity index (χ4n) is 4.30. The number of nitrogens with one attached hydrogen (secondary N) is 1. The van der Waals surface area contributed by atoms with E-state index >= 15 is 0 Å². The highest BCUT2D eigenvalue weighted by atomic mass is 19.1. The van der Waals surface area contributed by atoms with Gasteiger partial charge in [-0.25, -0.2) is 4.39 Å². The van der Waals surface area contributed by atoms with E-state index in [1.807, 2.05) is 4.90 Å². The van der Waals surface area contributed by atoms with Gasteiger partial charge in [0, 0.05) is 31.7 Å². The average molecular weight is 362 g/mol. The van der Waals surface area contributed by atoms with Gasteiger partial charge in [-0.15, -0.1) is 0 Å². The molecule has 0 radical (unpaired) electrons. The summed E-state index contributed by atoms with van der Waals surface area (Å²) >= 11 is 0. The predicted molar refractivity (Wildman–Crippen MR) is 100 cm³/mol. The number of aliphatic hydroxyl groups is 1. The Hall–Kier alpha value is -1.46. The van der Waals surface area contributed by atoms with Gasteiger partial charge in [-0.05, 0) is 31.2 Å². The minimum atomic E-state index is -1.37. The van der Waals surface area contributed by atoms with Crippen LogP contribution in [0.15, 0.2) is 24.3 Å². The van der Waals surface area contributed by atoms with Gasteiger partial charge in [0.25, 0.3) is 5.91 Å². The largest absolute Gasteiger partial charge is 0.379 e. The Morgan fingerprint density at radius 3 is 2.73 bits per heavy atom. The van der Waals surface area contributed by atoms with E-state index < -0.39 is 5.60 Å². The quantitative estimate of drug-likeness (QED) is 0.783. The molecular weight excluding hydrogens is 331 g/mol. The van der Waals surface area contributed by atoms with Crippen LogP contribution in [0.1, 0.15) is 56.9 Å². The summed E-state index contributed by atoms with van der Waals surface area (Å²) in [4.78, 5) is 14.6. The lowest BCUT2D eigenvalue weighted by Gasteiger charge is -2.39. The molecule has 1 aliphatic carbocycles. The van der Waals surface area contributed by atoms with Gasteiger partial charge >= 0.3 is 0 Å². The highest BCUT2D eigenvalue weighted by Crippen LogP contribution is 2.28. The molecule has 1 saturated heterocycles. The summed E-state index contributed by atoms with van der Waals surface area (Å²) in [6.45, 7) is 1.96. The number of carbonyl (C=O) groups is 1. The van der Waals surface area contributed by atoms with Crippen LogP contribution in [-0.2, 0) is 11.3 Å². The number of piperidine rings is 1. The highest BCUT2D eigenvalue weighted by molar-refractivity contribution is 5.86. The molecule has 1 aliphatic heterocycles. The number of benzene rings is 1. The highest BCUT2D eigenvalue weighted by Gasteiger charge is 2.41. The van der Waals surface area contributed by atoms with E-state index in [4.69, 9.17) is 0 Å². The smallest absolute Gasteiger partial charge is 0.255 e. The molecule has 0 bridgehead atoms. The topological polar surface area (TPSA) is 52.6 Å². The Morgan fingerprint density at radius 2 is 1.96 bits per heavy atom. The molecule has 3 rings (SSSR count). The summed E-state index contributed by atoms with van der Waals surface area (Å²) in [6.07, 6.45) is 8.83. The summed E-state index contributed by atoms with van der Waals surface area (Å²) in [5, 5.41) is 13.9. The van der Waals surface area contributed by atoms with Crippen LogP contribution < -0.4 is 5.32 Å². The number of nitrogens with zero attached hydrogens (tertiary/aromatic N) is 1. The van der Waals surface area contributed by atoms with Crippen LogP contribution in [0, 0.1) is 11.7 Å². The molecular formula is C21H31FN2O2. The first-order valence-corrected chi connectivity index (χ1v) is 10.0. The number of likely N-dealkylation sites (tertiary alicyclic amines) is 1. The summed E-state index contributed by atoms with van der Waals surface area (Å²) < 4.78 is 13.7. The second-order valence-corrected chi connectivity index (χ2v) is 7.92. The lowest BCUT2D eigenvalue weighted by Crippen LogP contribution is -2.58. The molecule has 5 heteroatoms. The van der Waals surface area contributed by atoms with Crippen molar-refractivity contribution in [3.63, 3.8) is 0 Å². The molecule has 1 heterocycles. The van der Waals surface area contributed by atoms with Gasteiger partial charge in [0.05, 0.1) is 0 Å². The Morgan fingerprint density at radius 1 is 1.19 bits per heavy atom. The zero-order valence-corrected chi connectivity index (χ0v) is 15.6. The second-order valence-electron chi connectivity index (χ2n) is 7.92. The van der Waals surface area contributed by atoms with Crippen molar-refractivity contribution in [1.29, 1.82) is 0 Å². The monoisotopic (exact) mass is 362 g/mol. The summed E-state index contributed by atoms with van der Waals surface area (Å²) in [6, 6.07) is 6.57. The SMILES string of the molecule is O=C1N(CCC2CCCCC2)CCCC1(O)CNCc1ccccc1F. The number of amides is 1. The zero-order chi connectivity index (χ0) is 18.4. The third-order valence-electron chi connectivity index (χ3n) is 5.93. The maximum Gasteiger partial charge on any atom is 0.255 e. The van der Waals surface area contributed by atoms with Crippen molar-refractivity contribution in [2.45, 2.75) is 63.5 Å². The summed E-state index contributed by atoms with van der Waals surface area (Å²) in [5.41, 5.74) is -0.815. The van der Waals surface area contributed by atoms with E-state index in [0.29, 0.717) is 18.5 Å². The normalized spacial score (nSPS) is 24.8. The fourth-order valence-corrected chi connectivity index (χ4v) is 4.30. The first kappa shape index (κ1) is 19.3. The molecule has 26 heavy (non-hydrogen) atoms. The molecule has 2 fully saturated rings. The van der Waals surface area contributed by atoms with Gasteiger partial charge in [-0.2, -0.15) is 0 Å². The Balaban J connectivity index is 1.49. The van der Waals surface area contributed by atoms with Gasteiger partial charge in [0.2, 0.25) is 0 Å². The third-order valence-corrected chi connectivity index (χ3v) is 5.93. The van der Waals surface area contributed by atoms with Crippen LogP contribution >= 0.6 is 0 Å². The van der Waals surface area contributed by atoms with E-state index in [-0.39, 0.29) is 18.3 Å². The lowest BCUT2D eigenvalue weighted by molar-refractivity contribution is -0.156. The predicted octanol–water partition coefficient (Wildman–Crippen LogP) is 3.24. The molecule has 4 nitrogen and oxygen atoms in total. The second kappa shape index (κ2) is 8.96. The van der Waals surface area contributed by atoms with E-state index in [1.165, 1.54) is 38.2 Å². The standard InChI is InChI=1S/C21H31FN2O2/c22-19-10-5-4-9-18(19)15-23-16-21(26)12-6-13-24(20(21)25)14-11-17-7-2-1-3-8-17/h4-5,9-10,17,23,26H,1-3,6-8,11-16H2. The van der Waals surface area contributed by atoms with E-state index in [1.54, 1.807) is 18.2 Å². The van der Waals surface area contributed by atoms with Crippen molar-refractivity contribution >= 4 is 5.91 Å². The van der Waals surface area contributed by atoms with Crippen molar-refractivity contribution in [1.82, 2.24) is 10.2 Å². The zero-order valence-electron chi connectivity index (χ0n) is 15.6. The first-order chi connectivity index (χ1) is 12.6. The molecule has 1 aromatic carbocycles. The number of carbonyl (C=O) groups excluding carboxylic acids is 1. The molecule has 2 aliphatic rings. The Bertz CT molecular complexity index is 603. The average Bonchev–Trinajstić information content (AvgIpc) is 2.66. The Kier molecular flexibility index (Phi) is 6.65. The molecule has 1 saturated carbocycles. The summed E-state index contributed by atoms with van der Waals surface area (Å²) in [7, 11) is 0. The van der Waals surface area contributed by atoms with E-state index in [0.717, 1.165) is 31.8 Å². The van der Waals surface area contributed by atoms with E-state index in [9.17, 15) is 14.3 Å². The number of rotatable bonds is 7. The van der Waals surface area contributed by atoms with Gasteiger partial charge in [0.15, 0.2) is 5.60 Å². The minimum Gasteiger partial charge on any atom is -0.379 e. The van der Waals surface area contributed by atoms with Crippen molar-refractivity contribution < 1.29 is 14.3 Å². The van der Waals surface area contributed by atoms with Gasteiger partial charge in [-0.1, -0.05) is 50.3 Å². The maximum atomic E-state index is 13.7. The Labute approximate surface area is 155 Å². The number of hydrogen-bond acceptors (Lipinski definition) is 3. The van der Waals surface area contributed by atoms with Crippen LogP contribution in [0.3, 0.4) is 0 Å². The minimum absolute atomic E-state index is 0.166. The van der Waals surface area contributed by atoms with Crippen LogP contribution in [-0.4, -0.2) is 41.1 Å². The van der Waals surface area contributed by atoms with Gasteiger partial charge in [-0.3, -0.25) is 4.79 Å². The van der Waals surface area contributed by atoms with Gasteiger partial charge < -0.3 is 15.3 Å². The third kappa shape index (κ3) is 4.83. The lowest BCUT2D eigenvalue weighted by atomic mass is 9.86. The molecule has 1 amide bonds. The molecule has 1 atom stereocenters. The maximum absolute atomic E-state index is 13.7. The van der Waals surface area contributed by atoms with Crippen LogP contribution in [0.2, 0.25) is 0 Å². The molecule has 144 valence electrons. The van der Waals surface area contributed by atoms with Crippen LogP contribution in [0.4, 0.5) is 4.39 Å². The molecule has 2 N–H and O–H groups in total. The van der Waals surface area contributed by atoms with E-state index in [2.05, 4.69) is 5.32 Å². The number of halogens is 1. The van der Waals surface area contributed by atoms with Crippen LogP contribution in [0.5, 0.6) is 0 Å². The first-order valence-electron chi connectivity index (χ1n) is 10.0. The number of hydrogen-bond donors (Lipinski definition) is 2. The van der Waals surface area contributed by atoms with Crippen LogP contribution in [0.25, 0.3) is 0 Å². The van der Waals surface area contributed by atoms with Gasteiger partial charge in [0.1, 0.15) is 5.82 Å². The molecule has 0 spiro atoms. The van der Waals surface area contributed by atoms with Crippen molar-refractivity contribution in [2.75, 3.05) is 19.6 Å². The summed E-state index contributed by atoms with van der Waals surface area (Å²) in [5.74, 6) is 0.294. The molecule has 1 unspecified atom stereocenters. The molecule has 1 aromatic rings. The van der Waals surface area contributed by atoms with Crippen molar-refractivity contribution in [2.24, 2.45) is 5.92 Å². The van der Waals surface area contributed by atoms with Crippen molar-refractivity contribution in [3.8, 4) is 0 Å². The fraction of sp³-hybridized carbons (Fsp3) is 0.667. The molecule has 0 aromatic heterocycles. The van der Waals surface area contributed by atoms with Crippen molar-refractivity contribution in [3.05, 3.63) is 35.6 Å².